The first-order valence-electron chi connectivity index (χ1n) is 16.1. The van der Waals surface area contributed by atoms with Crippen LogP contribution in [0.2, 0.25) is 0 Å². The molecule has 0 aromatic heterocycles. The zero-order valence-electron chi connectivity index (χ0n) is 29.5. The average Bonchev–Trinajstić information content (AvgIpc) is 3.12. The van der Waals surface area contributed by atoms with E-state index in [-0.39, 0.29) is 47.0 Å². The smallest absolute Gasteiger partial charge is 0.265 e. The first kappa shape index (κ1) is 37.6. The van der Waals surface area contributed by atoms with Crippen molar-refractivity contribution in [2.45, 2.75) is 50.7 Å². The van der Waals surface area contributed by atoms with E-state index in [1.165, 1.54) is 57.6 Å². The SMILES string of the molecule is COc1ccc(OC)c(N(CC(=O)N(Cc2ccccc2C)C(Cc2ccccc2)C(=O)NC(C)C)S(=O)(=O)c2ccc(OC)c(OC)c2)c1. The molecule has 2 amide bonds. The number of hydrogen-bond acceptors (Lipinski definition) is 8. The summed E-state index contributed by atoms with van der Waals surface area (Å²) in [5, 5.41) is 2.97. The molecular formula is C38H45N3O8S. The summed E-state index contributed by atoms with van der Waals surface area (Å²) in [7, 11) is 1.22. The van der Waals surface area contributed by atoms with Gasteiger partial charge in [-0.2, -0.15) is 0 Å². The Hall–Kier alpha value is -5.23. The standard InChI is InChI=1S/C38H45N3O8S/c1-26(2)39-38(43)33(21-28-14-9-8-10-15-28)40(24-29-16-12-11-13-27(29)3)37(42)25-41(32-22-30(46-4)17-19-34(32)47-5)50(44,45)31-18-20-35(48-6)36(23-31)49-7/h8-20,22-23,26,33H,21,24-25H2,1-7H3,(H,39,43). The highest BCUT2D eigenvalue weighted by atomic mass is 32.2. The van der Waals surface area contributed by atoms with Gasteiger partial charge in [-0.1, -0.05) is 54.6 Å². The maximum Gasteiger partial charge on any atom is 0.265 e. The Kier molecular flexibility index (Phi) is 12.7. The molecule has 0 saturated heterocycles. The Morgan fingerprint density at radius 3 is 2.02 bits per heavy atom. The van der Waals surface area contributed by atoms with Crippen LogP contribution in [0.3, 0.4) is 0 Å². The van der Waals surface area contributed by atoms with Gasteiger partial charge in [-0.3, -0.25) is 13.9 Å². The lowest BCUT2D eigenvalue weighted by molar-refractivity contribution is -0.140. The lowest BCUT2D eigenvalue weighted by atomic mass is 10.0. The van der Waals surface area contributed by atoms with Crippen molar-refractivity contribution in [2.24, 2.45) is 0 Å². The zero-order chi connectivity index (χ0) is 36.4. The average molecular weight is 704 g/mol. The van der Waals surface area contributed by atoms with E-state index in [4.69, 9.17) is 18.9 Å². The van der Waals surface area contributed by atoms with Crippen molar-refractivity contribution in [1.82, 2.24) is 10.2 Å². The molecule has 12 heteroatoms. The normalized spacial score (nSPS) is 11.8. The highest BCUT2D eigenvalue weighted by Gasteiger charge is 2.36. The highest BCUT2D eigenvalue weighted by molar-refractivity contribution is 7.92. The van der Waals surface area contributed by atoms with E-state index in [1.807, 2.05) is 75.4 Å². The van der Waals surface area contributed by atoms with Gasteiger partial charge in [-0.15, -0.1) is 0 Å². The minimum atomic E-state index is -4.49. The predicted octanol–water partition coefficient (Wildman–Crippen LogP) is 5.39. The fraction of sp³-hybridized carbons (Fsp3) is 0.316. The Bertz CT molecular complexity index is 1880. The van der Waals surface area contributed by atoms with E-state index in [0.717, 1.165) is 21.0 Å². The van der Waals surface area contributed by atoms with Gasteiger partial charge >= 0.3 is 0 Å². The van der Waals surface area contributed by atoms with E-state index in [0.29, 0.717) is 11.5 Å². The maximum atomic E-state index is 14.8. The Balaban J connectivity index is 1.91. The zero-order valence-corrected chi connectivity index (χ0v) is 30.3. The van der Waals surface area contributed by atoms with E-state index < -0.39 is 28.5 Å². The van der Waals surface area contributed by atoms with Crippen LogP contribution in [0.5, 0.6) is 23.0 Å². The number of aryl methyl sites for hydroxylation is 1. The quantitative estimate of drug-likeness (QED) is 0.165. The van der Waals surface area contributed by atoms with Crippen LogP contribution in [0.1, 0.15) is 30.5 Å². The molecule has 4 aromatic carbocycles. The summed E-state index contributed by atoms with van der Waals surface area (Å²) in [5.41, 5.74) is 2.63. The topological polar surface area (TPSA) is 124 Å². The molecule has 11 nitrogen and oxygen atoms in total. The van der Waals surface area contributed by atoms with Gasteiger partial charge in [0, 0.05) is 31.1 Å². The lowest BCUT2D eigenvalue weighted by Gasteiger charge is -2.34. The van der Waals surface area contributed by atoms with E-state index >= 15 is 0 Å². The third-order valence-electron chi connectivity index (χ3n) is 8.18. The second-order valence-electron chi connectivity index (χ2n) is 11.9. The number of nitrogens with one attached hydrogen (secondary N) is 1. The fourth-order valence-electron chi connectivity index (χ4n) is 5.51. The highest BCUT2D eigenvalue weighted by Crippen LogP contribution is 2.38. The molecule has 0 saturated carbocycles. The van der Waals surface area contributed by atoms with Gasteiger partial charge in [0.25, 0.3) is 10.0 Å². The number of rotatable bonds is 16. The first-order chi connectivity index (χ1) is 23.9. The number of anilines is 1. The van der Waals surface area contributed by atoms with Gasteiger partial charge in [-0.25, -0.2) is 8.42 Å². The fourth-order valence-corrected chi connectivity index (χ4v) is 6.95. The van der Waals surface area contributed by atoms with Gasteiger partial charge in [0.05, 0.1) is 39.0 Å². The van der Waals surface area contributed by atoms with Crippen molar-refractivity contribution < 1.29 is 37.0 Å². The summed E-state index contributed by atoms with van der Waals surface area (Å²) in [5.74, 6) is 0.0765. The molecule has 1 atom stereocenters. The van der Waals surface area contributed by atoms with Gasteiger partial charge in [0.2, 0.25) is 11.8 Å². The van der Waals surface area contributed by atoms with Crippen LogP contribution in [0.4, 0.5) is 5.69 Å². The maximum absolute atomic E-state index is 14.8. The summed E-state index contributed by atoms with van der Waals surface area (Å²) in [6, 6.07) is 24.6. The Morgan fingerprint density at radius 1 is 0.760 bits per heavy atom. The molecule has 50 heavy (non-hydrogen) atoms. The molecule has 0 heterocycles. The third-order valence-corrected chi connectivity index (χ3v) is 9.94. The predicted molar refractivity (Wildman–Crippen MR) is 193 cm³/mol. The van der Waals surface area contributed by atoms with Crippen LogP contribution in [-0.4, -0.2) is 72.2 Å². The van der Waals surface area contributed by atoms with Gasteiger partial charge in [-0.05, 0) is 61.7 Å². The molecule has 0 fully saturated rings. The summed E-state index contributed by atoms with van der Waals surface area (Å²) >= 11 is 0. The van der Waals surface area contributed by atoms with Gasteiger partial charge in [0.1, 0.15) is 24.1 Å². The molecule has 1 N–H and O–H groups in total. The van der Waals surface area contributed by atoms with E-state index in [9.17, 15) is 18.0 Å². The molecule has 4 aromatic rings. The number of nitrogens with zero attached hydrogens (tertiary/aromatic N) is 2. The van der Waals surface area contributed by atoms with Gasteiger partial charge in [0.15, 0.2) is 11.5 Å². The number of ether oxygens (including phenoxy) is 4. The molecule has 0 spiro atoms. The second-order valence-corrected chi connectivity index (χ2v) is 13.7. The minimum Gasteiger partial charge on any atom is -0.497 e. The number of sulfonamides is 1. The Labute approximate surface area is 294 Å². The molecule has 0 aliphatic heterocycles. The summed E-state index contributed by atoms with van der Waals surface area (Å²) < 4.78 is 52.1. The van der Waals surface area contributed by atoms with E-state index in [1.54, 1.807) is 12.1 Å². The summed E-state index contributed by atoms with van der Waals surface area (Å²) in [6.07, 6.45) is 0.196. The molecule has 0 radical (unpaired) electrons. The van der Waals surface area contributed by atoms with Crippen molar-refractivity contribution in [1.29, 1.82) is 0 Å². The monoisotopic (exact) mass is 703 g/mol. The molecule has 0 aliphatic rings. The molecule has 266 valence electrons. The van der Waals surface area contributed by atoms with Crippen molar-refractivity contribution in [2.75, 3.05) is 39.3 Å². The van der Waals surface area contributed by atoms with Gasteiger partial charge < -0.3 is 29.2 Å². The van der Waals surface area contributed by atoms with E-state index in [2.05, 4.69) is 5.32 Å². The largest absolute Gasteiger partial charge is 0.497 e. The van der Waals surface area contributed by atoms with Crippen molar-refractivity contribution in [3.63, 3.8) is 0 Å². The first-order valence-corrected chi connectivity index (χ1v) is 17.5. The lowest BCUT2D eigenvalue weighted by Crippen LogP contribution is -2.54. The minimum absolute atomic E-state index is 0.0496. The molecule has 4 rings (SSSR count). The van der Waals surface area contributed by atoms with Crippen molar-refractivity contribution >= 4 is 27.5 Å². The number of methoxy groups -OCH3 is 4. The van der Waals surface area contributed by atoms with Crippen LogP contribution >= 0.6 is 0 Å². The van der Waals surface area contributed by atoms with Crippen LogP contribution < -0.4 is 28.6 Å². The number of carbonyl (C=O) groups excluding carboxylic acids is 2. The van der Waals surface area contributed by atoms with Crippen LogP contribution in [0.25, 0.3) is 0 Å². The summed E-state index contributed by atoms with van der Waals surface area (Å²) in [4.78, 5) is 30.1. The Morgan fingerprint density at radius 2 is 1.40 bits per heavy atom. The molecule has 0 aliphatic carbocycles. The number of carbonyl (C=O) groups is 2. The van der Waals surface area contributed by atoms with Crippen LogP contribution in [0, 0.1) is 6.92 Å². The molecule has 1 unspecified atom stereocenters. The van der Waals surface area contributed by atoms with Crippen LogP contribution in [-0.2, 0) is 32.6 Å². The number of benzene rings is 4. The summed E-state index contributed by atoms with van der Waals surface area (Å²) in [6.45, 7) is 4.99. The van der Waals surface area contributed by atoms with Crippen LogP contribution in [0.15, 0.2) is 95.9 Å². The second kappa shape index (κ2) is 16.9. The third kappa shape index (κ3) is 8.86. The molecular weight excluding hydrogens is 658 g/mol. The van der Waals surface area contributed by atoms with Crippen molar-refractivity contribution in [3.8, 4) is 23.0 Å². The number of amides is 2. The number of hydrogen-bond donors (Lipinski definition) is 1. The molecule has 0 bridgehead atoms. The van der Waals surface area contributed by atoms with Crippen molar-refractivity contribution in [3.05, 3.63) is 108 Å².